The van der Waals surface area contributed by atoms with E-state index in [0.717, 1.165) is 24.5 Å². The van der Waals surface area contributed by atoms with Gasteiger partial charge in [-0.05, 0) is 85.7 Å². The molecular weight excluding hydrogens is 687 g/mol. The summed E-state index contributed by atoms with van der Waals surface area (Å²) in [5.41, 5.74) is 0.465. The Morgan fingerprint density at radius 3 is 2.42 bits per heavy atom. The number of benzene rings is 3. The highest BCUT2D eigenvalue weighted by Crippen LogP contribution is 2.53. The van der Waals surface area contributed by atoms with Gasteiger partial charge in [0.25, 0.3) is 11.8 Å². The van der Waals surface area contributed by atoms with Crippen LogP contribution in [0.25, 0.3) is 17.2 Å². The molecule has 1 aromatic heterocycles. The summed E-state index contributed by atoms with van der Waals surface area (Å²) < 4.78 is 80.1. The quantitative estimate of drug-likeness (QED) is 0.184. The predicted molar refractivity (Wildman–Crippen MR) is 179 cm³/mol. The topological polar surface area (TPSA) is 114 Å². The van der Waals surface area contributed by atoms with Crippen LogP contribution in [0.1, 0.15) is 57.5 Å². The van der Waals surface area contributed by atoms with Crippen LogP contribution in [-0.2, 0) is 11.0 Å². The number of halogens is 5. The fraction of sp³-hybridized carbons (Fsp3) is 0.316. The summed E-state index contributed by atoms with van der Waals surface area (Å²) in [4.78, 5) is 42.8. The third-order valence-electron chi connectivity index (χ3n) is 10.2. The number of hydrogen-bond donors (Lipinski definition) is 2. The van der Waals surface area contributed by atoms with Crippen LogP contribution in [0.4, 0.5) is 27.6 Å². The minimum Gasteiger partial charge on any atom is -0.496 e. The number of amides is 3. The molecule has 1 aliphatic heterocycles. The highest BCUT2D eigenvalue weighted by atomic mass is 19.4. The molecule has 2 N–H and O–H groups in total. The smallest absolute Gasteiger partial charge is 0.419 e. The summed E-state index contributed by atoms with van der Waals surface area (Å²) in [5.74, 6) is -5.07. The molecule has 270 valence electrons. The first-order valence-electron chi connectivity index (χ1n) is 16.8. The van der Waals surface area contributed by atoms with E-state index in [2.05, 4.69) is 15.8 Å². The molecule has 7 rings (SSSR count). The van der Waals surface area contributed by atoms with Crippen molar-refractivity contribution in [1.82, 2.24) is 15.4 Å². The number of fused-ring (bicyclic) bond motifs is 2. The predicted octanol–water partition coefficient (Wildman–Crippen LogP) is 7.36. The molecule has 2 heterocycles. The summed E-state index contributed by atoms with van der Waals surface area (Å²) >= 11 is 0. The minimum absolute atomic E-state index is 0.0375. The van der Waals surface area contributed by atoms with Crippen molar-refractivity contribution < 1.29 is 45.6 Å². The van der Waals surface area contributed by atoms with Crippen LogP contribution < -0.4 is 15.4 Å². The van der Waals surface area contributed by atoms with E-state index in [1.165, 1.54) is 49.9 Å². The third kappa shape index (κ3) is 6.64. The number of alkyl halides is 3. The normalized spacial score (nSPS) is 21.8. The highest BCUT2D eigenvalue weighted by Gasteiger charge is 2.54. The summed E-state index contributed by atoms with van der Waals surface area (Å²) in [6.45, 7) is 1.24. The number of ether oxygens (including phenoxy) is 1. The average molecular weight is 721 g/mol. The Hall–Kier alpha value is -5.53. The lowest BCUT2D eigenvalue weighted by atomic mass is 9.83. The number of carbonyl (C=O) groups excluding carboxylic acids is 3. The fourth-order valence-electron chi connectivity index (χ4n) is 7.78. The van der Waals surface area contributed by atoms with Gasteiger partial charge in [-0.1, -0.05) is 22.9 Å². The molecule has 0 radical (unpaired) electrons. The standard InChI is InChI=1S/C38H33F5N4O5/c1-51-32-11-5-21(26-16-22(4-9-30(26)39)37(50)47-12-2-3-13-47)15-28(32)35(48)46-34-25-8-7-24(27(25)14-20-18-44-52-19-20)33(34)36(49)45-23-6-10-31(40)29(17-23)38(41,42)43/h4-6,9-11,14-19,24-25,33-34H,2-3,7-8,12-13H2,1H3,(H,45,49)(H,46,48)/b27-14-/t24?,25?,33-,34+/m0/s1. The van der Waals surface area contributed by atoms with Crippen LogP contribution in [0.3, 0.4) is 0 Å². The maximum absolute atomic E-state index is 15.3. The maximum atomic E-state index is 15.3. The summed E-state index contributed by atoms with van der Waals surface area (Å²) in [6, 6.07) is 10.0. The van der Waals surface area contributed by atoms with Gasteiger partial charge in [0.05, 0.1) is 30.4 Å². The Morgan fingerprint density at radius 2 is 1.71 bits per heavy atom. The van der Waals surface area contributed by atoms with Crippen molar-refractivity contribution in [3.63, 3.8) is 0 Å². The van der Waals surface area contributed by atoms with Gasteiger partial charge in [-0.15, -0.1) is 0 Å². The molecule has 2 bridgehead atoms. The first-order chi connectivity index (χ1) is 24.9. The average Bonchev–Trinajstić information content (AvgIpc) is 3.95. The van der Waals surface area contributed by atoms with Crippen LogP contribution in [0.2, 0.25) is 0 Å². The molecule has 3 fully saturated rings. The molecule has 3 aromatic carbocycles. The van der Waals surface area contributed by atoms with Crippen molar-refractivity contribution in [2.75, 3.05) is 25.5 Å². The Kier molecular flexibility index (Phi) is 9.32. The third-order valence-corrected chi connectivity index (χ3v) is 10.2. The second kappa shape index (κ2) is 13.9. The molecule has 9 nitrogen and oxygen atoms in total. The molecule has 0 spiro atoms. The molecule has 4 atom stereocenters. The second-order valence-electron chi connectivity index (χ2n) is 13.2. The van der Waals surface area contributed by atoms with Gasteiger partial charge in [-0.25, -0.2) is 8.78 Å². The molecule has 1 saturated heterocycles. The number of anilines is 1. The number of likely N-dealkylation sites (tertiary alicyclic amines) is 1. The monoisotopic (exact) mass is 720 g/mol. The van der Waals surface area contributed by atoms with Crippen molar-refractivity contribution in [2.45, 2.75) is 37.9 Å². The minimum atomic E-state index is -4.98. The molecule has 14 heteroatoms. The van der Waals surface area contributed by atoms with Crippen molar-refractivity contribution in [1.29, 1.82) is 0 Å². The van der Waals surface area contributed by atoms with Crippen LogP contribution in [0.15, 0.2) is 77.2 Å². The van der Waals surface area contributed by atoms with Gasteiger partial charge in [0.2, 0.25) is 5.91 Å². The van der Waals surface area contributed by atoms with Gasteiger partial charge in [0.1, 0.15) is 23.6 Å². The maximum Gasteiger partial charge on any atom is 0.419 e. The Morgan fingerprint density at radius 1 is 0.962 bits per heavy atom. The van der Waals surface area contributed by atoms with Crippen molar-refractivity contribution in [2.24, 2.45) is 17.8 Å². The summed E-state index contributed by atoms with van der Waals surface area (Å²) in [6.07, 6.45) is 2.71. The van der Waals surface area contributed by atoms with Crippen LogP contribution in [-0.4, -0.2) is 54.0 Å². The van der Waals surface area contributed by atoms with E-state index in [9.17, 15) is 31.9 Å². The lowest BCUT2D eigenvalue weighted by Crippen LogP contribution is -2.48. The van der Waals surface area contributed by atoms with Gasteiger partial charge < -0.3 is 24.8 Å². The zero-order chi connectivity index (χ0) is 36.7. The van der Waals surface area contributed by atoms with Gasteiger partial charge >= 0.3 is 6.18 Å². The molecule has 2 aliphatic carbocycles. The van der Waals surface area contributed by atoms with Gasteiger partial charge in [0.15, 0.2) is 0 Å². The molecule has 4 aromatic rings. The number of rotatable bonds is 8. The first-order valence-corrected chi connectivity index (χ1v) is 16.8. The van der Waals surface area contributed by atoms with Crippen molar-refractivity contribution in [3.05, 3.63) is 107 Å². The Labute approximate surface area is 294 Å². The van der Waals surface area contributed by atoms with E-state index in [-0.39, 0.29) is 34.4 Å². The van der Waals surface area contributed by atoms with Crippen molar-refractivity contribution in [3.8, 4) is 16.9 Å². The van der Waals surface area contributed by atoms with E-state index >= 15 is 4.39 Å². The SMILES string of the molecule is COc1ccc(-c2cc(C(=O)N3CCCC3)ccc2F)cc1C(=O)N[C@@H]1C2CCC(/C2=C/c2cnoc2)[C@@H]1C(=O)Nc1ccc(F)c(C(F)(F)F)c1. The number of nitrogens with one attached hydrogen (secondary N) is 2. The Bertz CT molecular complexity index is 2060. The van der Waals surface area contributed by atoms with E-state index in [1.54, 1.807) is 11.0 Å². The number of aromatic nitrogens is 1. The van der Waals surface area contributed by atoms with Crippen LogP contribution in [0, 0.1) is 29.4 Å². The lowest BCUT2D eigenvalue weighted by molar-refractivity contribution is -0.140. The van der Waals surface area contributed by atoms with Gasteiger partial charge in [0, 0.05) is 47.4 Å². The van der Waals surface area contributed by atoms with Gasteiger partial charge in [-0.2, -0.15) is 13.2 Å². The zero-order valence-corrected chi connectivity index (χ0v) is 27.8. The second-order valence-corrected chi connectivity index (χ2v) is 13.2. The van der Waals surface area contributed by atoms with Crippen molar-refractivity contribution >= 4 is 29.5 Å². The number of methoxy groups -OCH3 is 1. The number of nitrogens with zero attached hydrogens (tertiary/aromatic N) is 2. The van der Waals surface area contributed by atoms with E-state index < -0.39 is 53.1 Å². The van der Waals surface area contributed by atoms with Crippen LogP contribution in [0.5, 0.6) is 5.75 Å². The summed E-state index contributed by atoms with van der Waals surface area (Å²) in [5, 5.41) is 9.22. The van der Waals surface area contributed by atoms with E-state index in [4.69, 9.17) is 9.26 Å². The van der Waals surface area contributed by atoms with E-state index in [1.807, 2.05) is 6.08 Å². The van der Waals surface area contributed by atoms with Crippen LogP contribution >= 0.6 is 0 Å². The van der Waals surface area contributed by atoms with E-state index in [0.29, 0.717) is 54.8 Å². The fourth-order valence-corrected chi connectivity index (χ4v) is 7.78. The first kappa shape index (κ1) is 34.9. The number of carbonyl (C=O) groups is 3. The molecule has 3 amide bonds. The zero-order valence-electron chi connectivity index (χ0n) is 27.8. The molecule has 2 saturated carbocycles. The highest BCUT2D eigenvalue weighted by molar-refractivity contribution is 6.01. The molecule has 2 unspecified atom stereocenters. The summed E-state index contributed by atoms with van der Waals surface area (Å²) in [7, 11) is 1.37. The lowest BCUT2D eigenvalue weighted by Gasteiger charge is -2.30. The largest absolute Gasteiger partial charge is 0.496 e. The Balaban J connectivity index is 1.20. The van der Waals surface area contributed by atoms with Gasteiger partial charge in [-0.3, -0.25) is 14.4 Å². The number of hydrogen-bond acceptors (Lipinski definition) is 6. The molecule has 52 heavy (non-hydrogen) atoms. The molecular formula is C38H33F5N4O5. The molecule has 3 aliphatic rings.